The Labute approximate surface area is 95.9 Å². The molecular formula is C8H8N4O4S. The van der Waals surface area contributed by atoms with Crippen molar-refractivity contribution in [3.05, 3.63) is 22.2 Å². The Bertz CT molecular complexity index is 705. The number of rotatable bonds is 2. The monoisotopic (exact) mass is 256 g/mol. The maximum atomic E-state index is 11.6. The largest absolute Gasteiger partial charge is 0.298 e. The van der Waals surface area contributed by atoms with E-state index in [2.05, 4.69) is 19.3 Å². The summed E-state index contributed by atoms with van der Waals surface area (Å²) in [6.45, 7) is 0. The van der Waals surface area contributed by atoms with Gasteiger partial charge in [0, 0.05) is 28.3 Å². The summed E-state index contributed by atoms with van der Waals surface area (Å²) in [5.41, 5.74) is 0.127. The lowest BCUT2D eigenvalue weighted by molar-refractivity contribution is -0.383. The molecule has 0 aliphatic carbocycles. The van der Waals surface area contributed by atoms with Crippen molar-refractivity contribution in [1.82, 2.24) is 10.3 Å². The Balaban J connectivity index is 2.89. The van der Waals surface area contributed by atoms with E-state index < -0.39 is 14.7 Å². The molecule has 2 aromatic rings. The standard InChI is InChI=1S/C8H8N4O4S/c1-17(2,15)11-8-6(12(13)14)4-3-5-7(8)10-16-9-5/h3-4H,1-2H3. The number of benzene rings is 1. The molecule has 0 amide bonds. The molecule has 0 aliphatic rings. The Hall–Kier alpha value is -2.03. The fourth-order valence-electron chi connectivity index (χ4n) is 1.28. The zero-order chi connectivity index (χ0) is 12.6. The molecule has 8 nitrogen and oxygen atoms in total. The number of hydrogen-bond acceptors (Lipinski definition) is 7. The molecule has 1 aromatic heterocycles. The Morgan fingerprint density at radius 1 is 1.41 bits per heavy atom. The smallest absolute Gasteiger partial charge is 0.258 e. The molecule has 0 atom stereocenters. The molecule has 2 rings (SSSR count). The van der Waals surface area contributed by atoms with Crippen LogP contribution in [-0.4, -0.2) is 32.0 Å². The van der Waals surface area contributed by atoms with Gasteiger partial charge in [-0.1, -0.05) is 0 Å². The summed E-state index contributed by atoms with van der Waals surface area (Å²) in [5, 5.41) is 17.9. The lowest BCUT2D eigenvalue weighted by Crippen LogP contribution is -1.93. The predicted molar refractivity (Wildman–Crippen MR) is 60.5 cm³/mol. The highest BCUT2D eigenvalue weighted by atomic mass is 32.2. The van der Waals surface area contributed by atoms with Crippen molar-refractivity contribution in [2.45, 2.75) is 0 Å². The second-order valence-electron chi connectivity index (χ2n) is 3.59. The van der Waals surface area contributed by atoms with Crippen LogP contribution in [0.25, 0.3) is 11.0 Å². The van der Waals surface area contributed by atoms with Crippen LogP contribution in [0, 0.1) is 10.1 Å². The van der Waals surface area contributed by atoms with Crippen LogP contribution in [0.3, 0.4) is 0 Å². The van der Waals surface area contributed by atoms with Crippen molar-refractivity contribution >= 4 is 32.1 Å². The molecule has 0 aliphatic heterocycles. The highest BCUT2D eigenvalue weighted by Crippen LogP contribution is 2.34. The summed E-state index contributed by atoms with van der Waals surface area (Å²) in [6.07, 6.45) is 2.76. The first-order chi connectivity index (χ1) is 7.88. The van der Waals surface area contributed by atoms with Gasteiger partial charge in [-0.15, -0.1) is 0 Å². The van der Waals surface area contributed by atoms with Gasteiger partial charge in [0.25, 0.3) is 5.69 Å². The lowest BCUT2D eigenvalue weighted by atomic mass is 10.2. The highest BCUT2D eigenvalue weighted by molar-refractivity contribution is 7.92. The molecule has 0 unspecified atom stereocenters. The van der Waals surface area contributed by atoms with Crippen LogP contribution in [0.2, 0.25) is 0 Å². The second kappa shape index (κ2) is 3.77. The molecule has 17 heavy (non-hydrogen) atoms. The first-order valence-corrected chi connectivity index (χ1v) is 6.78. The quantitative estimate of drug-likeness (QED) is 0.594. The van der Waals surface area contributed by atoms with Crippen LogP contribution in [0.1, 0.15) is 0 Å². The number of hydrogen-bond donors (Lipinski definition) is 0. The molecular weight excluding hydrogens is 248 g/mol. The Kier molecular flexibility index (Phi) is 2.54. The molecule has 9 heteroatoms. The van der Waals surface area contributed by atoms with Crippen molar-refractivity contribution < 1.29 is 13.8 Å². The molecule has 0 saturated carbocycles. The van der Waals surface area contributed by atoms with Gasteiger partial charge in [-0.2, -0.15) is 4.36 Å². The minimum Gasteiger partial charge on any atom is -0.258 e. The third-order valence-corrected chi connectivity index (χ3v) is 2.51. The average molecular weight is 256 g/mol. The zero-order valence-corrected chi connectivity index (χ0v) is 9.80. The van der Waals surface area contributed by atoms with E-state index in [1.807, 2.05) is 0 Å². The van der Waals surface area contributed by atoms with Crippen molar-refractivity contribution in [3.8, 4) is 0 Å². The van der Waals surface area contributed by atoms with Crippen LogP contribution >= 0.6 is 0 Å². The van der Waals surface area contributed by atoms with Crippen LogP contribution in [0.4, 0.5) is 11.4 Å². The Morgan fingerprint density at radius 2 is 2.12 bits per heavy atom. The molecule has 1 heterocycles. The van der Waals surface area contributed by atoms with Gasteiger partial charge in [0.2, 0.25) is 0 Å². The minimum absolute atomic E-state index is 0.0660. The normalized spacial score (nSPS) is 11.6. The predicted octanol–water partition coefficient (Wildman–Crippen LogP) is 1.49. The number of fused-ring (bicyclic) bond motifs is 1. The maximum Gasteiger partial charge on any atom is 0.298 e. The van der Waals surface area contributed by atoms with Crippen molar-refractivity contribution in [3.63, 3.8) is 0 Å². The van der Waals surface area contributed by atoms with E-state index in [0.717, 1.165) is 0 Å². The van der Waals surface area contributed by atoms with Crippen LogP contribution < -0.4 is 0 Å². The van der Waals surface area contributed by atoms with E-state index >= 15 is 0 Å². The maximum absolute atomic E-state index is 11.6. The summed E-state index contributed by atoms with van der Waals surface area (Å²) in [5.74, 6) is 0. The third kappa shape index (κ3) is 2.23. The van der Waals surface area contributed by atoms with Gasteiger partial charge in [0.15, 0.2) is 11.2 Å². The van der Waals surface area contributed by atoms with Crippen LogP contribution in [-0.2, 0) is 9.73 Å². The third-order valence-electron chi connectivity index (χ3n) is 1.89. The fourth-order valence-corrected chi connectivity index (χ4v) is 1.90. The topological polar surface area (TPSA) is 111 Å². The molecule has 1 aromatic carbocycles. The molecule has 0 bridgehead atoms. The second-order valence-corrected chi connectivity index (χ2v) is 6.14. The van der Waals surface area contributed by atoms with Gasteiger partial charge in [-0.3, -0.25) is 10.1 Å². The first kappa shape index (κ1) is 11.5. The van der Waals surface area contributed by atoms with E-state index in [0.29, 0.717) is 5.52 Å². The van der Waals surface area contributed by atoms with E-state index in [1.165, 1.54) is 24.6 Å². The molecule has 90 valence electrons. The van der Waals surface area contributed by atoms with E-state index in [9.17, 15) is 14.3 Å². The molecule has 0 N–H and O–H groups in total. The summed E-state index contributed by atoms with van der Waals surface area (Å²) in [7, 11) is -2.54. The average Bonchev–Trinajstić information content (AvgIpc) is 2.63. The van der Waals surface area contributed by atoms with E-state index in [-0.39, 0.29) is 16.9 Å². The highest BCUT2D eigenvalue weighted by Gasteiger charge is 2.20. The fraction of sp³-hybridized carbons (Fsp3) is 0.250. The Morgan fingerprint density at radius 3 is 2.71 bits per heavy atom. The van der Waals surface area contributed by atoms with Gasteiger partial charge >= 0.3 is 0 Å². The summed E-state index contributed by atoms with van der Waals surface area (Å²) >= 11 is 0. The van der Waals surface area contributed by atoms with Crippen LogP contribution in [0.15, 0.2) is 21.1 Å². The van der Waals surface area contributed by atoms with E-state index in [4.69, 9.17) is 0 Å². The van der Waals surface area contributed by atoms with Crippen molar-refractivity contribution in [2.24, 2.45) is 4.36 Å². The SMILES string of the molecule is CS(C)(=O)=Nc1c([N+](=O)[O-])ccc2nonc12. The molecule has 0 spiro atoms. The zero-order valence-electron chi connectivity index (χ0n) is 8.98. The number of nitro groups is 1. The van der Waals surface area contributed by atoms with Gasteiger partial charge in [-0.05, 0) is 16.4 Å². The van der Waals surface area contributed by atoms with Gasteiger partial charge in [-0.25, -0.2) is 8.84 Å². The molecule has 0 fully saturated rings. The summed E-state index contributed by atoms with van der Waals surface area (Å²) < 4.78 is 19.9. The summed E-state index contributed by atoms with van der Waals surface area (Å²) in [4.78, 5) is 10.2. The first-order valence-electron chi connectivity index (χ1n) is 4.45. The number of nitrogens with zero attached hydrogens (tertiary/aromatic N) is 4. The van der Waals surface area contributed by atoms with E-state index in [1.54, 1.807) is 0 Å². The number of nitro benzene ring substituents is 1. The lowest BCUT2D eigenvalue weighted by Gasteiger charge is -1.98. The van der Waals surface area contributed by atoms with Gasteiger partial charge in [0.1, 0.15) is 5.52 Å². The van der Waals surface area contributed by atoms with Crippen molar-refractivity contribution in [2.75, 3.05) is 12.5 Å². The van der Waals surface area contributed by atoms with Gasteiger partial charge < -0.3 is 0 Å². The minimum atomic E-state index is -2.54. The van der Waals surface area contributed by atoms with Crippen LogP contribution in [0.5, 0.6) is 0 Å². The van der Waals surface area contributed by atoms with Gasteiger partial charge in [0.05, 0.1) is 4.92 Å². The van der Waals surface area contributed by atoms with Crippen molar-refractivity contribution in [1.29, 1.82) is 0 Å². The summed E-state index contributed by atoms with van der Waals surface area (Å²) in [6, 6.07) is 2.63. The molecule has 0 saturated heterocycles. The molecule has 0 radical (unpaired) electrons. The number of aromatic nitrogens is 2.